The van der Waals surface area contributed by atoms with E-state index in [1.807, 2.05) is 6.08 Å². The molecule has 2 rings (SSSR count). The molecule has 116 valence electrons. The van der Waals surface area contributed by atoms with Gasteiger partial charge in [-0.25, -0.2) is 8.42 Å². The highest BCUT2D eigenvalue weighted by Gasteiger charge is 2.29. The first kappa shape index (κ1) is 15.9. The van der Waals surface area contributed by atoms with Crippen LogP contribution < -0.4 is 5.73 Å². The molecule has 0 saturated heterocycles. The summed E-state index contributed by atoms with van der Waals surface area (Å²) in [4.78, 5) is 0.116. The molecule has 0 bridgehead atoms. The van der Waals surface area contributed by atoms with E-state index in [1.54, 1.807) is 0 Å². The molecule has 1 aromatic rings. The third kappa shape index (κ3) is 3.22. The summed E-state index contributed by atoms with van der Waals surface area (Å²) in [5.41, 5.74) is 6.99. The molecule has 1 aliphatic heterocycles. The number of aromatic hydroxyl groups is 1. The van der Waals surface area contributed by atoms with Gasteiger partial charge in [-0.15, -0.1) is 0 Å². The molecular weight excluding hydrogens is 288 g/mol. The van der Waals surface area contributed by atoms with Gasteiger partial charge in [0.2, 0.25) is 10.0 Å². The minimum absolute atomic E-state index is 0.0683. The topological polar surface area (TPSA) is 83.6 Å². The van der Waals surface area contributed by atoms with Crippen molar-refractivity contribution in [3.8, 4) is 5.75 Å². The Labute approximate surface area is 126 Å². The van der Waals surface area contributed by atoms with Crippen LogP contribution in [-0.4, -0.2) is 30.9 Å². The van der Waals surface area contributed by atoms with Crippen LogP contribution in [0.15, 0.2) is 34.7 Å². The van der Waals surface area contributed by atoms with Crippen LogP contribution in [0.4, 0.5) is 5.69 Å². The van der Waals surface area contributed by atoms with Crippen LogP contribution >= 0.6 is 0 Å². The van der Waals surface area contributed by atoms with E-state index in [-0.39, 0.29) is 21.7 Å². The highest BCUT2D eigenvalue weighted by atomic mass is 32.2. The van der Waals surface area contributed by atoms with E-state index in [2.05, 4.69) is 20.8 Å². The summed E-state index contributed by atoms with van der Waals surface area (Å²) in [6.45, 7) is 7.22. The quantitative estimate of drug-likeness (QED) is 0.499. The fourth-order valence-corrected chi connectivity index (χ4v) is 3.81. The molecule has 1 aromatic carbocycles. The highest BCUT2D eigenvalue weighted by Crippen LogP contribution is 2.32. The molecule has 1 heterocycles. The number of hydrogen-bond acceptors (Lipinski definition) is 4. The Bertz CT molecular complexity index is 673. The number of benzene rings is 1. The molecule has 0 saturated carbocycles. The van der Waals surface area contributed by atoms with Crippen LogP contribution in [0, 0.1) is 5.41 Å². The zero-order valence-corrected chi connectivity index (χ0v) is 13.4. The Morgan fingerprint density at radius 2 is 1.95 bits per heavy atom. The standard InChI is InChI=1S/C15H22N2O3S/c1-15(2,3)11-6-8-17(9-7-11)21(19,20)12-4-5-14(18)13(16)10-12/h4-6,10,18H,7-9,16H2,1-3H3. The normalized spacial score (nSPS) is 17.6. The van der Waals surface area contributed by atoms with E-state index in [4.69, 9.17) is 5.73 Å². The SMILES string of the molecule is CC(C)(C)C1=CCN(S(=O)(=O)c2ccc(O)c(N)c2)CC1. The number of hydrogen-bond donors (Lipinski definition) is 2. The largest absolute Gasteiger partial charge is 0.506 e. The predicted molar refractivity (Wildman–Crippen MR) is 83.4 cm³/mol. The molecular formula is C15H22N2O3S. The van der Waals surface area contributed by atoms with E-state index < -0.39 is 10.0 Å². The van der Waals surface area contributed by atoms with Crippen molar-refractivity contribution in [2.45, 2.75) is 32.1 Å². The first-order chi connectivity index (χ1) is 9.62. The molecule has 0 aromatic heterocycles. The second kappa shape index (κ2) is 5.35. The number of nitrogens with two attached hydrogens (primary N) is 1. The minimum Gasteiger partial charge on any atom is -0.506 e. The number of nitrogens with zero attached hydrogens (tertiary/aromatic N) is 1. The van der Waals surface area contributed by atoms with Crippen molar-refractivity contribution in [3.05, 3.63) is 29.8 Å². The average Bonchev–Trinajstić information content (AvgIpc) is 2.41. The van der Waals surface area contributed by atoms with Crippen molar-refractivity contribution in [3.63, 3.8) is 0 Å². The smallest absolute Gasteiger partial charge is 0.243 e. The Morgan fingerprint density at radius 3 is 2.43 bits per heavy atom. The van der Waals surface area contributed by atoms with Gasteiger partial charge in [0.15, 0.2) is 0 Å². The lowest BCUT2D eigenvalue weighted by molar-refractivity contribution is 0.389. The third-order valence-electron chi connectivity index (χ3n) is 3.77. The van der Waals surface area contributed by atoms with Crippen molar-refractivity contribution in [1.29, 1.82) is 0 Å². The summed E-state index contributed by atoms with van der Waals surface area (Å²) in [5.74, 6) is -0.109. The first-order valence-corrected chi connectivity index (χ1v) is 8.34. The maximum atomic E-state index is 12.6. The van der Waals surface area contributed by atoms with Gasteiger partial charge in [0, 0.05) is 13.1 Å². The predicted octanol–water partition coefficient (Wildman–Crippen LogP) is 2.34. The number of phenolic OH excluding ortho intramolecular Hbond substituents is 1. The molecule has 0 aliphatic carbocycles. The molecule has 0 amide bonds. The molecule has 5 nitrogen and oxygen atoms in total. The molecule has 0 radical (unpaired) electrons. The van der Waals surface area contributed by atoms with E-state index in [0.29, 0.717) is 13.1 Å². The Morgan fingerprint density at radius 1 is 1.29 bits per heavy atom. The summed E-state index contributed by atoms with van der Waals surface area (Å²) in [5, 5.41) is 9.40. The van der Waals surface area contributed by atoms with Crippen molar-refractivity contribution < 1.29 is 13.5 Å². The van der Waals surface area contributed by atoms with E-state index in [0.717, 1.165) is 6.42 Å². The third-order valence-corrected chi connectivity index (χ3v) is 5.63. The second-order valence-electron chi connectivity index (χ2n) is 6.31. The zero-order valence-electron chi connectivity index (χ0n) is 12.6. The van der Waals surface area contributed by atoms with Crippen molar-refractivity contribution in [2.75, 3.05) is 18.8 Å². The molecule has 0 spiro atoms. The van der Waals surface area contributed by atoms with E-state index >= 15 is 0 Å². The number of sulfonamides is 1. The van der Waals surface area contributed by atoms with Gasteiger partial charge in [-0.1, -0.05) is 32.4 Å². The van der Waals surface area contributed by atoms with Gasteiger partial charge in [-0.2, -0.15) is 4.31 Å². The molecule has 6 heteroatoms. The lowest BCUT2D eigenvalue weighted by atomic mass is 9.83. The number of anilines is 1. The van der Waals surface area contributed by atoms with Crippen LogP contribution in [0.3, 0.4) is 0 Å². The fraction of sp³-hybridized carbons (Fsp3) is 0.467. The van der Waals surface area contributed by atoms with Crippen LogP contribution in [-0.2, 0) is 10.0 Å². The van der Waals surface area contributed by atoms with Crippen molar-refractivity contribution in [1.82, 2.24) is 4.31 Å². The summed E-state index contributed by atoms with van der Waals surface area (Å²) in [6.07, 6.45) is 2.72. The summed E-state index contributed by atoms with van der Waals surface area (Å²) in [6, 6.07) is 3.99. The van der Waals surface area contributed by atoms with Gasteiger partial charge >= 0.3 is 0 Å². The van der Waals surface area contributed by atoms with Crippen LogP contribution in [0.1, 0.15) is 27.2 Å². The summed E-state index contributed by atoms with van der Waals surface area (Å²) < 4.78 is 26.6. The molecule has 0 fully saturated rings. The van der Waals surface area contributed by atoms with Gasteiger partial charge < -0.3 is 10.8 Å². The van der Waals surface area contributed by atoms with Gasteiger partial charge in [0.1, 0.15) is 5.75 Å². The molecule has 0 unspecified atom stereocenters. The minimum atomic E-state index is -3.57. The first-order valence-electron chi connectivity index (χ1n) is 6.90. The maximum absolute atomic E-state index is 12.6. The van der Waals surface area contributed by atoms with Gasteiger partial charge in [-0.3, -0.25) is 0 Å². The lowest BCUT2D eigenvalue weighted by Gasteiger charge is -2.31. The number of nitrogen functional groups attached to an aromatic ring is 1. The maximum Gasteiger partial charge on any atom is 0.243 e. The molecule has 0 atom stereocenters. The van der Waals surface area contributed by atoms with E-state index in [9.17, 15) is 13.5 Å². The summed E-state index contributed by atoms with van der Waals surface area (Å²) >= 11 is 0. The Kier molecular flexibility index (Phi) is 4.04. The average molecular weight is 310 g/mol. The van der Waals surface area contributed by atoms with E-state index in [1.165, 1.54) is 28.1 Å². The Balaban J connectivity index is 2.26. The second-order valence-corrected chi connectivity index (χ2v) is 8.25. The summed E-state index contributed by atoms with van der Waals surface area (Å²) in [7, 11) is -3.57. The monoisotopic (exact) mass is 310 g/mol. The van der Waals surface area contributed by atoms with Crippen LogP contribution in [0.25, 0.3) is 0 Å². The van der Waals surface area contributed by atoms with Crippen molar-refractivity contribution in [2.24, 2.45) is 5.41 Å². The van der Waals surface area contributed by atoms with Gasteiger partial charge in [0.25, 0.3) is 0 Å². The molecule has 21 heavy (non-hydrogen) atoms. The van der Waals surface area contributed by atoms with Crippen LogP contribution in [0.5, 0.6) is 5.75 Å². The van der Waals surface area contributed by atoms with Crippen LogP contribution in [0.2, 0.25) is 0 Å². The lowest BCUT2D eigenvalue weighted by Crippen LogP contribution is -2.36. The van der Waals surface area contributed by atoms with Gasteiger partial charge in [-0.05, 0) is 30.0 Å². The molecule has 3 N–H and O–H groups in total. The zero-order chi connectivity index (χ0) is 15.8. The fourth-order valence-electron chi connectivity index (χ4n) is 2.39. The highest BCUT2D eigenvalue weighted by molar-refractivity contribution is 7.89. The Hall–Kier alpha value is -1.53. The number of phenols is 1. The number of rotatable bonds is 2. The molecule has 1 aliphatic rings. The van der Waals surface area contributed by atoms with Gasteiger partial charge in [0.05, 0.1) is 10.6 Å². The van der Waals surface area contributed by atoms with Crippen molar-refractivity contribution >= 4 is 15.7 Å².